The van der Waals surface area contributed by atoms with Crippen molar-refractivity contribution in [2.45, 2.75) is 37.9 Å². The van der Waals surface area contributed by atoms with E-state index < -0.39 is 6.04 Å². The molecule has 1 N–H and O–H groups in total. The smallest absolute Gasteiger partial charge is 0.248 e. The van der Waals surface area contributed by atoms with Gasteiger partial charge in [0.15, 0.2) is 0 Å². The molecule has 176 valence electrons. The van der Waals surface area contributed by atoms with Gasteiger partial charge in [0, 0.05) is 6.92 Å². The molecule has 0 bridgehead atoms. The molecule has 1 aliphatic heterocycles. The van der Waals surface area contributed by atoms with Crippen molar-refractivity contribution in [1.29, 1.82) is 0 Å². The molecule has 2 amide bonds. The molecule has 4 rings (SSSR count). The van der Waals surface area contributed by atoms with Crippen LogP contribution < -0.4 is 14.8 Å². The van der Waals surface area contributed by atoms with Crippen molar-refractivity contribution >= 4 is 11.8 Å². The lowest BCUT2D eigenvalue weighted by atomic mass is 9.84. The molecule has 6 nitrogen and oxygen atoms in total. The van der Waals surface area contributed by atoms with Gasteiger partial charge in [0.05, 0.1) is 26.3 Å². The molecule has 0 saturated carbocycles. The van der Waals surface area contributed by atoms with E-state index in [2.05, 4.69) is 17.4 Å². The minimum Gasteiger partial charge on any atom is -0.497 e. The number of carbonyl (C=O) groups excluding carboxylic acids is 2. The molecule has 6 heteroatoms. The first-order chi connectivity index (χ1) is 16.5. The van der Waals surface area contributed by atoms with Crippen LogP contribution in [0, 0.1) is 0 Å². The van der Waals surface area contributed by atoms with Crippen LogP contribution in [0.25, 0.3) is 0 Å². The Morgan fingerprint density at radius 3 is 1.88 bits per heavy atom. The molecule has 0 aliphatic carbocycles. The molecule has 2 atom stereocenters. The van der Waals surface area contributed by atoms with E-state index in [4.69, 9.17) is 9.47 Å². The summed E-state index contributed by atoms with van der Waals surface area (Å²) in [5, 5.41) is 2.87. The zero-order valence-corrected chi connectivity index (χ0v) is 19.7. The van der Waals surface area contributed by atoms with Gasteiger partial charge in [-0.15, -0.1) is 0 Å². The minimum absolute atomic E-state index is 0.0788. The van der Waals surface area contributed by atoms with Gasteiger partial charge < -0.3 is 19.7 Å². The fourth-order valence-electron chi connectivity index (χ4n) is 4.61. The number of nitrogens with zero attached hydrogens (tertiary/aromatic N) is 1. The van der Waals surface area contributed by atoms with Gasteiger partial charge in [-0.05, 0) is 53.8 Å². The number of β-lactam (4-membered cyclic amide) rings is 1. The number of hydrogen-bond donors (Lipinski definition) is 1. The summed E-state index contributed by atoms with van der Waals surface area (Å²) in [4.78, 5) is 27.2. The second-order valence-corrected chi connectivity index (χ2v) is 8.46. The Morgan fingerprint density at radius 2 is 1.41 bits per heavy atom. The Hall–Kier alpha value is -3.80. The molecular weight excluding hydrogens is 428 g/mol. The highest BCUT2D eigenvalue weighted by Gasteiger charge is 2.50. The summed E-state index contributed by atoms with van der Waals surface area (Å²) in [6, 6.07) is 24.8. The third-order valence-electron chi connectivity index (χ3n) is 6.33. The van der Waals surface area contributed by atoms with Gasteiger partial charge in [-0.2, -0.15) is 0 Å². The van der Waals surface area contributed by atoms with Gasteiger partial charge in [0.1, 0.15) is 17.5 Å². The third-order valence-corrected chi connectivity index (χ3v) is 6.33. The number of ether oxygens (including phenoxy) is 2. The van der Waals surface area contributed by atoms with Gasteiger partial charge in [-0.1, -0.05) is 54.6 Å². The summed E-state index contributed by atoms with van der Waals surface area (Å²) in [6.45, 7) is 1.45. The van der Waals surface area contributed by atoms with Crippen molar-refractivity contribution in [3.8, 4) is 11.5 Å². The van der Waals surface area contributed by atoms with Crippen molar-refractivity contribution in [2.24, 2.45) is 0 Å². The lowest BCUT2D eigenvalue weighted by molar-refractivity contribution is -0.157. The van der Waals surface area contributed by atoms with Crippen LogP contribution in [0.15, 0.2) is 78.9 Å². The highest BCUT2D eigenvalue weighted by molar-refractivity contribution is 5.93. The minimum atomic E-state index is -0.528. The molecule has 34 heavy (non-hydrogen) atoms. The summed E-state index contributed by atoms with van der Waals surface area (Å²) in [6.07, 6.45) is 1.55. The van der Waals surface area contributed by atoms with Crippen molar-refractivity contribution in [1.82, 2.24) is 10.2 Å². The Morgan fingerprint density at radius 1 is 0.882 bits per heavy atom. The number of aryl methyl sites for hydroxylation is 1. The van der Waals surface area contributed by atoms with E-state index in [-0.39, 0.29) is 23.9 Å². The molecule has 1 aliphatic rings. The van der Waals surface area contributed by atoms with Gasteiger partial charge in [-0.3, -0.25) is 9.59 Å². The fraction of sp³-hybridized carbons (Fsp3) is 0.286. The molecule has 3 aromatic carbocycles. The highest BCUT2D eigenvalue weighted by atomic mass is 16.5. The molecule has 3 aromatic rings. The summed E-state index contributed by atoms with van der Waals surface area (Å²) in [5.74, 6) is 1.23. The monoisotopic (exact) mass is 458 g/mol. The van der Waals surface area contributed by atoms with Crippen LogP contribution in [0.1, 0.15) is 36.1 Å². The number of benzene rings is 3. The Balaban J connectivity index is 1.69. The Kier molecular flexibility index (Phi) is 7.16. The van der Waals surface area contributed by atoms with E-state index in [1.165, 1.54) is 12.5 Å². The zero-order chi connectivity index (χ0) is 24.1. The van der Waals surface area contributed by atoms with Crippen LogP contribution in [-0.2, 0) is 16.0 Å². The van der Waals surface area contributed by atoms with Crippen LogP contribution >= 0.6 is 0 Å². The normalized spacial score (nSPS) is 17.3. The second kappa shape index (κ2) is 10.4. The maximum Gasteiger partial charge on any atom is 0.248 e. The lowest BCUT2D eigenvalue weighted by Gasteiger charge is -2.51. The predicted molar refractivity (Wildman–Crippen MR) is 131 cm³/mol. The van der Waals surface area contributed by atoms with Gasteiger partial charge in [0.2, 0.25) is 11.8 Å². The van der Waals surface area contributed by atoms with Gasteiger partial charge in [0.25, 0.3) is 0 Å². The Labute approximate surface area is 200 Å². The van der Waals surface area contributed by atoms with Crippen molar-refractivity contribution in [2.75, 3.05) is 14.2 Å². The number of amides is 2. The molecule has 2 unspecified atom stereocenters. The van der Waals surface area contributed by atoms with Crippen LogP contribution in [0.4, 0.5) is 0 Å². The van der Waals surface area contributed by atoms with Gasteiger partial charge >= 0.3 is 0 Å². The number of rotatable bonds is 9. The molecule has 0 aromatic heterocycles. The summed E-state index contributed by atoms with van der Waals surface area (Å²) >= 11 is 0. The molecular formula is C28H30N2O4. The molecule has 1 fully saturated rings. The predicted octanol–water partition coefficient (Wildman–Crippen LogP) is 4.14. The molecule has 1 heterocycles. The number of carbonyl (C=O) groups is 2. The van der Waals surface area contributed by atoms with E-state index in [9.17, 15) is 9.59 Å². The number of likely N-dealkylation sites (tertiary alicyclic amines) is 1. The van der Waals surface area contributed by atoms with Crippen LogP contribution in [0.2, 0.25) is 0 Å². The van der Waals surface area contributed by atoms with Crippen molar-refractivity contribution < 1.29 is 19.1 Å². The quantitative estimate of drug-likeness (QED) is 0.490. The maximum atomic E-state index is 13.4. The largest absolute Gasteiger partial charge is 0.497 e. The Bertz CT molecular complexity index is 1070. The number of methoxy groups -OCH3 is 2. The summed E-state index contributed by atoms with van der Waals surface area (Å²) < 4.78 is 10.7. The van der Waals surface area contributed by atoms with Crippen molar-refractivity contribution in [3.63, 3.8) is 0 Å². The fourth-order valence-corrected chi connectivity index (χ4v) is 4.61. The van der Waals surface area contributed by atoms with Crippen LogP contribution in [0.3, 0.4) is 0 Å². The summed E-state index contributed by atoms with van der Waals surface area (Å²) in [5.41, 5.74) is 3.16. The van der Waals surface area contributed by atoms with E-state index in [1.807, 2.05) is 71.6 Å². The average Bonchev–Trinajstić information content (AvgIpc) is 2.88. The lowest BCUT2D eigenvalue weighted by Crippen LogP contribution is -2.71. The highest BCUT2D eigenvalue weighted by Crippen LogP contribution is 2.39. The van der Waals surface area contributed by atoms with E-state index in [0.717, 1.165) is 35.5 Å². The number of nitrogens with one attached hydrogen (secondary N) is 1. The van der Waals surface area contributed by atoms with Crippen LogP contribution in [0.5, 0.6) is 11.5 Å². The van der Waals surface area contributed by atoms with E-state index >= 15 is 0 Å². The van der Waals surface area contributed by atoms with Crippen molar-refractivity contribution in [3.05, 3.63) is 95.6 Å². The first-order valence-corrected chi connectivity index (χ1v) is 11.4. The van der Waals surface area contributed by atoms with Crippen LogP contribution in [-0.4, -0.2) is 43.0 Å². The second-order valence-electron chi connectivity index (χ2n) is 8.46. The SMILES string of the molecule is COc1ccc(C(c2ccc(OC)cc2)N2C(=O)C(NC(C)=O)C2CCc2ccccc2)cc1. The first-order valence-electron chi connectivity index (χ1n) is 11.4. The number of hydrogen-bond acceptors (Lipinski definition) is 4. The molecule has 1 saturated heterocycles. The van der Waals surface area contributed by atoms with E-state index in [1.54, 1.807) is 14.2 Å². The van der Waals surface area contributed by atoms with Gasteiger partial charge in [-0.25, -0.2) is 0 Å². The average molecular weight is 459 g/mol. The summed E-state index contributed by atoms with van der Waals surface area (Å²) in [7, 11) is 3.26. The standard InChI is InChI=1S/C28H30N2O4/c1-19(31)29-26-25(18-9-20-7-5-4-6-8-20)30(28(26)32)27(21-10-14-23(33-2)15-11-21)22-12-16-24(34-3)17-13-22/h4-8,10-17,25-27H,9,18H2,1-3H3,(H,29,31). The molecule has 0 spiro atoms. The third kappa shape index (κ3) is 4.91. The topological polar surface area (TPSA) is 67.9 Å². The first kappa shape index (κ1) is 23.4. The zero-order valence-electron chi connectivity index (χ0n) is 19.7. The molecule has 0 radical (unpaired) electrons. The maximum absolute atomic E-state index is 13.4. The van der Waals surface area contributed by atoms with E-state index in [0.29, 0.717) is 0 Å².